The maximum atomic E-state index is 12.9. The molecule has 2 aromatic rings. The molecule has 27 heavy (non-hydrogen) atoms. The number of nitrogens with zero attached hydrogens (tertiary/aromatic N) is 4. The van der Waals surface area contributed by atoms with E-state index in [9.17, 15) is 9.59 Å². The van der Waals surface area contributed by atoms with E-state index in [2.05, 4.69) is 9.88 Å². The van der Waals surface area contributed by atoms with Crippen molar-refractivity contribution in [2.24, 2.45) is 5.92 Å². The zero-order chi connectivity index (χ0) is 18.8. The summed E-state index contributed by atoms with van der Waals surface area (Å²) in [5.74, 6) is 0.715. The third-order valence-corrected chi connectivity index (χ3v) is 5.43. The summed E-state index contributed by atoms with van der Waals surface area (Å²) < 4.78 is 0. The molecule has 3 heterocycles. The number of carbonyl (C=O) groups is 2. The third kappa shape index (κ3) is 3.76. The van der Waals surface area contributed by atoms with Gasteiger partial charge in [0.2, 0.25) is 11.8 Å². The molecule has 2 fully saturated rings. The van der Waals surface area contributed by atoms with Gasteiger partial charge in [0.15, 0.2) is 0 Å². The number of aromatic nitrogens is 1. The fourth-order valence-corrected chi connectivity index (χ4v) is 3.82. The molecule has 0 saturated carbocycles. The molecule has 1 atom stereocenters. The van der Waals surface area contributed by atoms with Crippen molar-refractivity contribution in [3.05, 3.63) is 53.7 Å². The van der Waals surface area contributed by atoms with Crippen LogP contribution in [0.5, 0.6) is 0 Å². The summed E-state index contributed by atoms with van der Waals surface area (Å²) in [5, 5.41) is 0.629. The molecule has 0 unspecified atom stereocenters. The first kappa shape index (κ1) is 17.8. The molecule has 2 saturated heterocycles. The Bertz CT molecular complexity index is 820. The predicted molar refractivity (Wildman–Crippen MR) is 105 cm³/mol. The lowest BCUT2D eigenvalue weighted by atomic mass is 10.1. The van der Waals surface area contributed by atoms with Crippen molar-refractivity contribution in [1.29, 1.82) is 0 Å². The minimum atomic E-state index is -0.283. The van der Waals surface area contributed by atoms with Crippen LogP contribution in [0.1, 0.15) is 6.42 Å². The minimum absolute atomic E-state index is 0.0113. The lowest BCUT2D eigenvalue weighted by molar-refractivity contribution is -0.136. The summed E-state index contributed by atoms with van der Waals surface area (Å²) in [4.78, 5) is 35.4. The number of halogens is 1. The van der Waals surface area contributed by atoms with E-state index in [1.807, 2.05) is 35.2 Å². The van der Waals surface area contributed by atoms with Crippen LogP contribution in [0, 0.1) is 5.92 Å². The van der Waals surface area contributed by atoms with Gasteiger partial charge in [-0.1, -0.05) is 17.7 Å². The highest BCUT2D eigenvalue weighted by Gasteiger charge is 2.38. The van der Waals surface area contributed by atoms with Crippen molar-refractivity contribution in [3.8, 4) is 0 Å². The van der Waals surface area contributed by atoms with Crippen LogP contribution in [0.2, 0.25) is 5.02 Å². The first-order chi connectivity index (χ1) is 13.1. The summed E-state index contributed by atoms with van der Waals surface area (Å²) in [5.41, 5.74) is 0.791. The number of hydrogen-bond donors (Lipinski definition) is 0. The lowest BCUT2D eigenvalue weighted by Crippen LogP contribution is -2.51. The topological polar surface area (TPSA) is 56.8 Å². The van der Waals surface area contributed by atoms with Crippen LogP contribution in [0.4, 0.5) is 11.5 Å². The van der Waals surface area contributed by atoms with Gasteiger partial charge in [0.1, 0.15) is 5.82 Å². The van der Waals surface area contributed by atoms with Gasteiger partial charge in [-0.15, -0.1) is 0 Å². The summed E-state index contributed by atoms with van der Waals surface area (Å²) >= 11 is 5.92. The summed E-state index contributed by atoms with van der Waals surface area (Å²) in [6.07, 6.45) is 2.05. The van der Waals surface area contributed by atoms with Crippen LogP contribution in [0.25, 0.3) is 0 Å². The second-order valence-electron chi connectivity index (χ2n) is 6.88. The molecule has 140 valence electrons. The zero-order valence-electron chi connectivity index (χ0n) is 14.9. The van der Waals surface area contributed by atoms with Gasteiger partial charge in [0, 0.05) is 56.1 Å². The second kappa shape index (κ2) is 7.56. The van der Waals surface area contributed by atoms with E-state index in [1.54, 1.807) is 23.2 Å². The Labute approximate surface area is 163 Å². The maximum absolute atomic E-state index is 12.9. The number of benzene rings is 1. The van der Waals surface area contributed by atoms with E-state index >= 15 is 0 Å². The van der Waals surface area contributed by atoms with Gasteiger partial charge >= 0.3 is 0 Å². The largest absolute Gasteiger partial charge is 0.353 e. The van der Waals surface area contributed by atoms with Crippen molar-refractivity contribution in [2.45, 2.75) is 6.42 Å². The number of pyridine rings is 1. The molecule has 0 aliphatic carbocycles. The molecule has 0 radical (unpaired) electrons. The molecule has 4 rings (SSSR count). The standard InChI is InChI=1S/C20H21ClN4O2/c21-16-4-6-17(7-5-16)25-14-15(13-19(25)26)20(27)24-11-9-23(10-12-24)18-3-1-2-8-22-18/h1-8,15H,9-14H2/t15-/m0/s1. The number of hydrogen-bond acceptors (Lipinski definition) is 4. The molecule has 6 nitrogen and oxygen atoms in total. The molecular formula is C20H21ClN4O2. The highest BCUT2D eigenvalue weighted by molar-refractivity contribution is 6.30. The average molecular weight is 385 g/mol. The van der Waals surface area contributed by atoms with E-state index in [-0.39, 0.29) is 24.2 Å². The van der Waals surface area contributed by atoms with Crippen LogP contribution >= 0.6 is 11.6 Å². The van der Waals surface area contributed by atoms with Crippen molar-refractivity contribution in [2.75, 3.05) is 42.5 Å². The Hall–Kier alpha value is -2.60. The monoisotopic (exact) mass is 384 g/mol. The Balaban J connectivity index is 1.36. The molecule has 2 aliphatic heterocycles. The molecule has 0 N–H and O–H groups in total. The molecule has 2 amide bonds. The molecule has 1 aromatic carbocycles. The zero-order valence-corrected chi connectivity index (χ0v) is 15.7. The van der Waals surface area contributed by atoms with Gasteiger partial charge in [0.05, 0.1) is 5.92 Å². The van der Waals surface area contributed by atoms with Crippen molar-refractivity contribution >= 4 is 34.9 Å². The summed E-state index contributed by atoms with van der Waals surface area (Å²) in [6, 6.07) is 13.0. The summed E-state index contributed by atoms with van der Waals surface area (Å²) in [6.45, 7) is 3.25. The smallest absolute Gasteiger partial charge is 0.228 e. The number of anilines is 2. The first-order valence-corrected chi connectivity index (χ1v) is 9.50. The number of amides is 2. The number of rotatable bonds is 3. The quantitative estimate of drug-likeness (QED) is 0.815. The van der Waals surface area contributed by atoms with E-state index in [4.69, 9.17) is 11.6 Å². The lowest BCUT2D eigenvalue weighted by Gasteiger charge is -2.36. The fraction of sp³-hybridized carbons (Fsp3) is 0.350. The van der Waals surface area contributed by atoms with E-state index < -0.39 is 0 Å². The van der Waals surface area contributed by atoms with Gasteiger partial charge < -0.3 is 14.7 Å². The Morgan fingerprint density at radius 3 is 2.44 bits per heavy atom. The Kier molecular flexibility index (Phi) is 4.99. The highest BCUT2D eigenvalue weighted by Crippen LogP contribution is 2.28. The van der Waals surface area contributed by atoms with E-state index in [1.165, 1.54) is 0 Å². The Morgan fingerprint density at radius 2 is 1.78 bits per heavy atom. The summed E-state index contributed by atoms with van der Waals surface area (Å²) in [7, 11) is 0. The number of carbonyl (C=O) groups excluding carboxylic acids is 2. The molecule has 2 aliphatic rings. The van der Waals surface area contributed by atoms with Crippen molar-refractivity contribution < 1.29 is 9.59 Å². The SMILES string of the molecule is O=C([C@H]1CC(=O)N(c2ccc(Cl)cc2)C1)N1CCN(c2ccccn2)CC1. The third-order valence-electron chi connectivity index (χ3n) is 5.18. The van der Waals surface area contributed by atoms with Crippen molar-refractivity contribution in [1.82, 2.24) is 9.88 Å². The molecule has 0 spiro atoms. The number of piperazine rings is 1. The molecule has 0 bridgehead atoms. The predicted octanol–water partition coefficient (Wildman–Crippen LogP) is 2.44. The molecular weight excluding hydrogens is 364 g/mol. The van der Waals surface area contributed by atoms with Crippen molar-refractivity contribution in [3.63, 3.8) is 0 Å². The highest BCUT2D eigenvalue weighted by atomic mass is 35.5. The van der Waals surface area contributed by atoms with Crippen LogP contribution in [0.15, 0.2) is 48.7 Å². The minimum Gasteiger partial charge on any atom is -0.353 e. The fourth-order valence-electron chi connectivity index (χ4n) is 3.70. The molecule has 1 aromatic heterocycles. The first-order valence-electron chi connectivity index (χ1n) is 9.12. The second-order valence-corrected chi connectivity index (χ2v) is 7.32. The van der Waals surface area contributed by atoms with Crippen LogP contribution in [-0.2, 0) is 9.59 Å². The Morgan fingerprint density at radius 1 is 1.04 bits per heavy atom. The van der Waals surface area contributed by atoms with Gasteiger partial charge in [-0.25, -0.2) is 4.98 Å². The van der Waals surface area contributed by atoms with Crippen LogP contribution in [0.3, 0.4) is 0 Å². The maximum Gasteiger partial charge on any atom is 0.228 e. The van der Waals surface area contributed by atoms with Gasteiger partial charge in [-0.05, 0) is 36.4 Å². The van der Waals surface area contributed by atoms with E-state index in [0.717, 1.165) is 24.6 Å². The van der Waals surface area contributed by atoms with Crippen LogP contribution in [-0.4, -0.2) is 54.4 Å². The van der Waals surface area contributed by atoms with E-state index in [0.29, 0.717) is 24.7 Å². The van der Waals surface area contributed by atoms with Gasteiger partial charge in [0.25, 0.3) is 0 Å². The van der Waals surface area contributed by atoms with Gasteiger partial charge in [-0.2, -0.15) is 0 Å². The average Bonchev–Trinajstić information content (AvgIpc) is 3.10. The van der Waals surface area contributed by atoms with Crippen LogP contribution < -0.4 is 9.80 Å². The molecule has 7 heteroatoms. The van der Waals surface area contributed by atoms with Gasteiger partial charge in [-0.3, -0.25) is 9.59 Å². The normalized spacial score (nSPS) is 20.3.